The van der Waals surface area contributed by atoms with Crippen molar-refractivity contribution in [3.8, 4) is 0 Å². The molecule has 2 nitrogen and oxygen atoms in total. The molecule has 0 amide bonds. The van der Waals surface area contributed by atoms with Gasteiger partial charge < -0.3 is 10.1 Å². The van der Waals surface area contributed by atoms with Crippen molar-refractivity contribution in [1.29, 1.82) is 0 Å². The van der Waals surface area contributed by atoms with Gasteiger partial charge in [0.05, 0.1) is 13.2 Å². The Balaban J connectivity index is 1.86. The molecule has 2 heteroatoms. The fraction of sp³-hybridized carbons (Fsp3) is 0.429. The molecule has 1 heterocycles. The zero-order valence-corrected chi connectivity index (χ0v) is 9.83. The third kappa shape index (κ3) is 3.11. The predicted molar refractivity (Wildman–Crippen MR) is 67.8 cm³/mol. The lowest BCUT2D eigenvalue weighted by molar-refractivity contribution is 0.150. The summed E-state index contributed by atoms with van der Waals surface area (Å²) in [4.78, 5) is 0. The molecular weight excluding hydrogens is 198 g/mol. The van der Waals surface area contributed by atoms with Crippen molar-refractivity contribution in [3.63, 3.8) is 0 Å². The van der Waals surface area contributed by atoms with Gasteiger partial charge in [0.2, 0.25) is 0 Å². The fourth-order valence-electron chi connectivity index (χ4n) is 1.81. The normalized spacial score (nSPS) is 15.7. The number of anilines is 1. The quantitative estimate of drug-likeness (QED) is 0.783. The molecule has 86 valence electrons. The summed E-state index contributed by atoms with van der Waals surface area (Å²) in [5.41, 5.74) is 3.92. The number of aryl methyl sites for hydroxylation is 1. The Morgan fingerprint density at radius 1 is 1.25 bits per heavy atom. The molecule has 0 aliphatic carbocycles. The molecule has 0 radical (unpaired) electrons. The van der Waals surface area contributed by atoms with Crippen LogP contribution in [0, 0.1) is 0 Å². The SMILES string of the molecule is CCc1ccc(NCC2=CCCOC2)cc1. The van der Waals surface area contributed by atoms with Crippen LogP contribution in [0.5, 0.6) is 0 Å². The average molecular weight is 217 g/mol. The van der Waals surface area contributed by atoms with E-state index < -0.39 is 0 Å². The molecule has 1 aliphatic heterocycles. The number of nitrogens with one attached hydrogen (secondary N) is 1. The third-order valence-corrected chi connectivity index (χ3v) is 2.86. The Morgan fingerprint density at radius 3 is 2.69 bits per heavy atom. The number of hydrogen-bond donors (Lipinski definition) is 1. The van der Waals surface area contributed by atoms with E-state index in [1.165, 1.54) is 16.8 Å². The van der Waals surface area contributed by atoms with Crippen LogP contribution >= 0.6 is 0 Å². The summed E-state index contributed by atoms with van der Waals surface area (Å²) in [5.74, 6) is 0. The van der Waals surface area contributed by atoms with Gasteiger partial charge in [0.15, 0.2) is 0 Å². The van der Waals surface area contributed by atoms with Gasteiger partial charge in [-0.05, 0) is 36.1 Å². The average Bonchev–Trinajstić information content (AvgIpc) is 2.38. The Bertz CT molecular complexity index is 354. The summed E-state index contributed by atoms with van der Waals surface area (Å²) in [6, 6.07) is 8.63. The maximum absolute atomic E-state index is 5.40. The minimum absolute atomic E-state index is 0.778. The third-order valence-electron chi connectivity index (χ3n) is 2.86. The van der Waals surface area contributed by atoms with Crippen LogP contribution in [0.3, 0.4) is 0 Å². The lowest BCUT2D eigenvalue weighted by Gasteiger charge is -2.15. The van der Waals surface area contributed by atoms with Crippen LogP contribution < -0.4 is 5.32 Å². The molecule has 0 saturated heterocycles. The van der Waals surface area contributed by atoms with Crippen molar-refractivity contribution < 1.29 is 4.74 Å². The molecule has 0 atom stereocenters. The van der Waals surface area contributed by atoms with E-state index in [9.17, 15) is 0 Å². The summed E-state index contributed by atoms with van der Waals surface area (Å²) >= 11 is 0. The van der Waals surface area contributed by atoms with E-state index in [4.69, 9.17) is 4.74 Å². The van der Waals surface area contributed by atoms with E-state index in [1.54, 1.807) is 0 Å². The van der Waals surface area contributed by atoms with Crippen LogP contribution in [0.4, 0.5) is 5.69 Å². The van der Waals surface area contributed by atoms with E-state index in [0.29, 0.717) is 0 Å². The van der Waals surface area contributed by atoms with E-state index in [1.807, 2.05) is 0 Å². The van der Waals surface area contributed by atoms with Crippen molar-refractivity contribution in [1.82, 2.24) is 0 Å². The highest BCUT2D eigenvalue weighted by molar-refractivity contribution is 5.45. The van der Waals surface area contributed by atoms with E-state index >= 15 is 0 Å². The van der Waals surface area contributed by atoms with Crippen LogP contribution in [0.2, 0.25) is 0 Å². The Kier molecular flexibility index (Phi) is 4.00. The molecule has 0 unspecified atom stereocenters. The predicted octanol–water partition coefficient (Wildman–Crippen LogP) is 3.01. The zero-order valence-electron chi connectivity index (χ0n) is 9.83. The first-order chi connectivity index (χ1) is 7.88. The van der Waals surface area contributed by atoms with Gasteiger partial charge in [-0.25, -0.2) is 0 Å². The maximum atomic E-state index is 5.40. The van der Waals surface area contributed by atoms with Gasteiger partial charge in [-0.15, -0.1) is 0 Å². The Hall–Kier alpha value is -1.28. The smallest absolute Gasteiger partial charge is 0.0693 e. The minimum Gasteiger partial charge on any atom is -0.381 e. The number of benzene rings is 1. The van der Waals surface area contributed by atoms with Crippen molar-refractivity contribution in [3.05, 3.63) is 41.5 Å². The molecule has 0 fully saturated rings. The number of ether oxygens (including phenoxy) is 1. The van der Waals surface area contributed by atoms with Gasteiger partial charge in [0.1, 0.15) is 0 Å². The monoisotopic (exact) mass is 217 g/mol. The van der Waals surface area contributed by atoms with Gasteiger partial charge in [0.25, 0.3) is 0 Å². The van der Waals surface area contributed by atoms with E-state index in [-0.39, 0.29) is 0 Å². The molecule has 1 aromatic rings. The number of rotatable bonds is 4. The Labute approximate surface area is 97.3 Å². The summed E-state index contributed by atoms with van der Waals surface area (Å²) in [5, 5.41) is 3.42. The van der Waals surface area contributed by atoms with Crippen molar-refractivity contribution in [2.75, 3.05) is 25.1 Å². The standard InChI is InChI=1S/C14H19NO/c1-2-12-5-7-14(8-6-12)15-10-13-4-3-9-16-11-13/h4-8,15H,2-3,9-11H2,1H3. The second-order valence-electron chi connectivity index (χ2n) is 4.11. The van der Waals surface area contributed by atoms with Crippen molar-refractivity contribution in [2.24, 2.45) is 0 Å². The van der Waals surface area contributed by atoms with Gasteiger partial charge >= 0.3 is 0 Å². The van der Waals surface area contributed by atoms with Crippen LogP contribution in [0.25, 0.3) is 0 Å². The summed E-state index contributed by atoms with van der Waals surface area (Å²) in [7, 11) is 0. The fourth-order valence-corrected chi connectivity index (χ4v) is 1.81. The summed E-state index contributed by atoms with van der Waals surface area (Å²) < 4.78 is 5.40. The molecule has 0 spiro atoms. The first-order valence-electron chi connectivity index (χ1n) is 5.97. The Morgan fingerprint density at radius 2 is 2.06 bits per heavy atom. The lowest BCUT2D eigenvalue weighted by Crippen LogP contribution is -2.13. The van der Waals surface area contributed by atoms with Gasteiger partial charge in [-0.2, -0.15) is 0 Å². The topological polar surface area (TPSA) is 21.3 Å². The van der Waals surface area contributed by atoms with Gasteiger partial charge in [-0.3, -0.25) is 0 Å². The molecule has 1 aliphatic rings. The molecule has 1 aromatic carbocycles. The molecule has 16 heavy (non-hydrogen) atoms. The highest BCUT2D eigenvalue weighted by atomic mass is 16.5. The van der Waals surface area contributed by atoms with Crippen LogP contribution in [0.1, 0.15) is 18.9 Å². The summed E-state index contributed by atoms with van der Waals surface area (Å²) in [6.07, 6.45) is 4.42. The molecule has 0 bridgehead atoms. The van der Waals surface area contributed by atoms with Gasteiger partial charge in [-0.1, -0.05) is 25.1 Å². The second-order valence-corrected chi connectivity index (χ2v) is 4.11. The van der Waals surface area contributed by atoms with Crippen LogP contribution in [-0.4, -0.2) is 19.8 Å². The molecule has 0 saturated carbocycles. The number of hydrogen-bond acceptors (Lipinski definition) is 2. The van der Waals surface area contributed by atoms with E-state index in [0.717, 1.165) is 32.6 Å². The summed E-state index contributed by atoms with van der Waals surface area (Å²) in [6.45, 7) is 4.72. The first kappa shape index (κ1) is 11.2. The maximum Gasteiger partial charge on any atom is 0.0693 e. The van der Waals surface area contributed by atoms with E-state index in [2.05, 4.69) is 42.6 Å². The largest absolute Gasteiger partial charge is 0.381 e. The molecule has 1 N–H and O–H groups in total. The minimum atomic E-state index is 0.778. The van der Waals surface area contributed by atoms with Crippen LogP contribution in [0.15, 0.2) is 35.9 Å². The highest BCUT2D eigenvalue weighted by Crippen LogP contribution is 2.12. The highest BCUT2D eigenvalue weighted by Gasteiger charge is 2.02. The van der Waals surface area contributed by atoms with Crippen molar-refractivity contribution in [2.45, 2.75) is 19.8 Å². The molecule has 0 aromatic heterocycles. The lowest BCUT2D eigenvalue weighted by atomic mass is 10.1. The first-order valence-corrected chi connectivity index (χ1v) is 5.97. The molecule has 2 rings (SSSR count). The second kappa shape index (κ2) is 5.71. The van der Waals surface area contributed by atoms with Crippen LogP contribution in [-0.2, 0) is 11.2 Å². The van der Waals surface area contributed by atoms with Crippen molar-refractivity contribution >= 4 is 5.69 Å². The molecular formula is C14H19NO. The zero-order chi connectivity index (χ0) is 11.2. The van der Waals surface area contributed by atoms with Gasteiger partial charge in [0, 0.05) is 12.2 Å².